The van der Waals surface area contributed by atoms with Gasteiger partial charge in [-0.05, 0) is 30.4 Å². The minimum Gasteiger partial charge on any atom is -0.330 e. The molecule has 1 fully saturated rings. The van der Waals surface area contributed by atoms with E-state index in [2.05, 4.69) is 9.59 Å². The molecule has 0 bridgehead atoms. The Morgan fingerprint density at radius 1 is 1.80 bits per heavy atom. The van der Waals surface area contributed by atoms with Crippen LogP contribution in [0.15, 0.2) is 5.38 Å². The molecule has 0 radical (unpaired) electrons. The summed E-state index contributed by atoms with van der Waals surface area (Å²) in [5.41, 5.74) is 6.62. The van der Waals surface area contributed by atoms with Crippen LogP contribution in [0.4, 0.5) is 0 Å². The highest BCUT2D eigenvalue weighted by atomic mass is 32.1. The van der Waals surface area contributed by atoms with E-state index >= 15 is 0 Å². The minimum atomic E-state index is 0.628. The lowest BCUT2D eigenvalue weighted by atomic mass is 10.2. The van der Waals surface area contributed by atoms with Crippen molar-refractivity contribution >= 4 is 11.5 Å². The van der Waals surface area contributed by atoms with Crippen molar-refractivity contribution in [3.05, 3.63) is 11.1 Å². The van der Waals surface area contributed by atoms with Crippen molar-refractivity contribution in [1.82, 2.24) is 9.59 Å². The molecule has 10 heavy (non-hydrogen) atoms. The van der Waals surface area contributed by atoms with E-state index in [1.165, 1.54) is 18.0 Å². The number of nitrogens with zero attached hydrogens (tertiary/aromatic N) is 2. The Hall–Kier alpha value is -0.480. The molecule has 1 aromatic heterocycles. The summed E-state index contributed by atoms with van der Waals surface area (Å²) in [4.78, 5) is 0. The fourth-order valence-electron chi connectivity index (χ4n) is 1.20. The Morgan fingerprint density at radius 3 is 3.20 bits per heavy atom. The van der Waals surface area contributed by atoms with Crippen LogP contribution in [-0.2, 0) is 0 Å². The maximum absolute atomic E-state index is 5.49. The van der Waals surface area contributed by atoms with E-state index in [1.807, 2.05) is 5.38 Å². The molecule has 1 aliphatic carbocycles. The molecule has 3 nitrogen and oxygen atoms in total. The van der Waals surface area contributed by atoms with Crippen molar-refractivity contribution in [1.29, 1.82) is 0 Å². The van der Waals surface area contributed by atoms with E-state index in [-0.39, 0.29) is 0 Å². The Kier molecular flexibility index (Phi) is 1.43. The summed E-state index contributed by atoms with van der Waals surface area (Å²) >= 11 is 1.42. The van der Waals surface area contributed by atoms with Crippen LogP contribution < -0.4 is 5.73 Å². The van der Waals surface area contributed by atoms with Crippen LogP contribution in [-0.4, -0.2) is 16.1 Å². The van der Waals surface area contributed by atoms with Crippen LogP contribution in [0.25, 0.3) is 0 Å². The molecule has 1 saturated carbocycles. The van der Waals surface area contributed by atoms with Gasteiger partial charge in [0.25, 0.3) is 0 Å². The smallest absolute Gasteiger partial charge is 0.0789 e. The van der Waals surface area contributed by atoms with E-state index in [4.69, 9.17) is 5.73 Å². The third-order valence-corrected chi connectivity index (χ3v) is 2.50. The topological polar surface area (TPSA) is 51.8 Å². The molecule has 1 heterocycles. The van der Waals surface area contributed by atoms with Gasteiger partial charge in [-0.15, -0.1) is 5.10 Å². The zero-order chi connectivity index (χ0) is 6.97. The first-order valence-corrected chi connectivity index (χ1v) is 4.22. The second-order valence-corrected chi connectivity index (χ2v) is 3.28. The van der Waals surface area contributed by atoms with Crippen LogP contribution in [0.3, 0.4) is 0 Å². The fraction of sp³-hybridized carbons (Fsp3) is 0.667. The fourth-order valence-corrected chi connectivity index (χ4v) is 1.72. The lowest BCUT2D eigenvalue weighted by Crippen LogP contribution is -2.01. The largest absolute Gasteiger partial charge is 0.330 e. The number of aromatic nitrogens is 2. The van der Waals surface area contributed by atoms with Gasteiger partial charge in [-0.1, -0.05) is 4.49 Å². The number of hydrogen-bond acceptors (Lipinski definition) is 4. The van der Waals surface area contributed by atoms with Gasteiger partial charge in [0.15, 0.2) is 0 Å². The number of hydrogen-bond donors (Lipinski definition) is 1. The normalized spacial score (nSPS) is 30.5. The van der Waals surface area contributed by atoms with Gasteiger partial charge in [-0.3, -0.25) is 0 Å². The van der Waals surface area contributed by atoms with E-state index in [0.29, 0.717) is 11.8 Å². The van der Waals surface area contributed by atoms with E-state index in [0.717, 1.165) is 12.2 Å². The maximum atomic E-state index is 5.49. The molecular weight excluding hydrogens is 146 g/mol. The maximum Gasteiger partial charge on any atom is 0.0789 e. The van der Waals surface area contributed by atoms with Gasteiger partial charge in [0, 0.05) is 11.3 Å². The van der Waals surface area contributed by atoms with Gasteiger partial charge in [0.05, 0.1) is 5.69 Å². The quantitative estimate of drug-likeness (QED) is 0.680. The SMILES string of the molecule is NCC1CC1c1csnn1. The summed E-state index contributed by atoms with van der Waals surface area (Å²) in [6, 6.07) is 0. The van der Waals surface area contributed by atoms with E-state index in [1.54, 1.807) is 0 Å². The predicted octanol–water partition coefficient (Wildman–Crippen LogP) is 0.600. The van der Waals surface area contributed by atoms with E-state index in [9.17, 15) is 0 Å². The van der Waals surface area contributed by atoms with Crippen LogP contribution in [0.1, 0.15) is 18.0 Å². The predicted molar refractivity (Wildman–Crippen MR) is 39.8 cm³/mol. The first-order chi connectivity index (χ1) is 4.92. The van der Waals surface area contributed by atoms with Crippen molar-refractivity contribution in [2.75, 3.05) is 6.54 Å². The average molecular weight is 155 g/mol. The molecule has 0 amide bonds. The van der Waals surface area contributed by atoms with Crippen molar-refractivity contribution < 1.29 is 0 Å². The van der Waals surface area contributed by atoms with Gasteiger partial charge in [-0.25, -0.2) is 0 Å². The van der Waals surface area contributed by atoms with E-state index < -0.39 is 0 Å². The minimum absolute atomic E-state index is 0.628. The van der Waals surface area contributed by atoms with Crippen molar-refractivity contribution in [2.24, 2.45) is 11.7 Å². The van der Waals surface area contributed by atoms with Crippen molar-refractivity contribution in [3.8, 4) is 0 Å². The summed E-state index contributed by atoms with van der Waals surface area (Å²) in [6.45, 7) is 0.794. The van der Waals surface area contributed by atoms with Crippen molar-refractivity contribution in [3.63, 3.8) is 0 Å². The molecule has 4 heteroatoms. The van der Waals surface area contributed by atoms with Crippen LogP contribution in [0, 0.1) is 5.92 Å². The zero-order valence-corrected chi connectivity index (χ0v) is 6.34. The van der Waals surface area contributed by atoms with Crippen molar-refractivity contribution in [2.45, 2.75) is 12.3 Å². The molecule has 2 N–H and O–H groups in total. The van der Waals surface area contributed by atoms with Crippen LogP contribution >= 0.6 is 11.5 Å². The van der Waals surface area contributed by atoms with Gasteiger partial charge < -0.3 is 5.73 Å². The monoisotopic (exact) mass is 155 g/mol. The van der Waals surface area contributed by atoms with Gasteiger partial charge in [0.2, 0.25) is 0 Å². The second-order valence-electron chi connectivity index (χ2n) is 2.67. The number of nitrogens with two attached hydrogens (primary N) is 1. The van der Waals surface area contributed by atoms with Gasteiger partial charge >= 0.3 is 0 Å². The Bertz CT molecular complexity index is 209. The summed E-state index contributed by atoms with van der Waals surface area (Å²) in [5, 5.41) is 6.00. The van der Waals surface area contributed by atoms with Crippen LogP contribution in [0.5, 0.6) is 0 Å². The molecule has 54 valence electrons. The lowest BCUT2D eigenvalue weighted by Gasteiger charge is -1.87. The molecule has 2 atom stereocenters. The van der Waals surface area contributed by atoms with Gasteiger partial charge in [0.1, 0.15) is 0 Å². The molecule has 2 unspecified atom stereocenters. The lowest BCUT2D eigenvalue weighted by molar-refractivity contribution is 0.794. The third kappa shape index (κ3) is 0.932. The number of rotatable bonds is 2. The first kappa shape index (κ1) is 6.24. The second kappa shape index (κ2) is 2.29. The molecule has 0 saturated heterocycles. The standard InChI is InChI=1S/C6H9N3S/c7-2-4-1-5(4)6-3-10-9-8-6/h3-5H,1-2,7H2. The molecule has 0 spiro atoms. The molecule has 1 aromatic rings. The third-order valence-electron chi connectivity index (χ3n) is 1.98. The first-order valence-electron chi connectivity index (χ1n) is 3.39. The molecule has 0 aromatic carbocycles. The molecule has 2 rings (SSSR count). The Morgan fingerprint density at radius 2 is 2.70 bits per heavy atom. The van der Waals surface area contributed by atoms with Gasteiger partial charge in [-0.2, -0.15) is 0 Å². The van der Waals surface area contributed by atoms with Crippen LogP contribution in [0.2, 0.25) is 0 Å². The molecule has 1 aliphatic rings. The Labute approximate surface area is 63.4 Å². The summed E-state index contributed by atoms with van der Waals surface area (Å²) in [7, 11) is 0. The highest BCUT2D eigenvalue weighted by molar-refractivity contribution is 7.03. The summed E-state index contributed by atoms with van der Waals surface area (Å²) < 4.78 is 3.80. The Balaban J connectivity index is 2.05. The molecule has 0 aliphatic heterocycles. The average Bonchev–Trinajstić information content (AvgIpc) is 2.56. The highest BCUT2D eigenvalue weighted by Gasteiger charge is 2.38. The summed E-state index contributed by atoms with van der Waals surface area (Å²) in [6.07, 6.45) is 1.21. The molecular formula is C6H9N3S. The highest BCUT2D eigenvalue weighted by Crippen LogP contribution is 2.45. The zero-order valence-electron chi connectivity index (χ0n) is 5.53. The summed E-state index contributed by atoms with van der Waals surface area (Å²) in [5.74, 6) is 1.31.